The van der Waals surface area contributed by atoms with Gasteiger partial charge >= 0.3 is 0 Å². The minimum atomic E-state index is -3.26. The van der Waals surface area contributed by atoms with Crippen molar-refractivity contribution in [1.82, 2.24) is 19.1 Å². The van der Waals surface area contributed by atoms with E-state index >= 15 is 0 Å². The molecule has 0 aliphatic carbocycles. The van der Waals surface area contributed by atoms with E-state index in [4.69, 9.17) is 0 Å². The molecular weight excluding hydrogens is 366 g/mol. The molecule has 0 atom stereocenters. The minimum Gasteiger partial charge on any atom is -0.348 e. The number of aliphatic imine (C=N–C) groups is 1. The second kappa shape index (κ2) is 6.21. The van der Waals surface area contributed by atoms with Gasteiger partial charge < -0.3 is 9.88 Å². The molecule has 2 aliphatic rings. The van der Waals surface area contributed by atoms with Crippen LogP contribution in [0.15, 0.2) is 29.6 Å². The summed E-state index contributed by atoms with van der Waals surface area (Å²) in [5.74, 6) is 1.06. The third-order valence-electron chi connectivity index (χ3n) is 5.25. The molecule has 0 unspecified atom stereocenters. The highest BCUT2D eigenvalue weighted by atomic mass is 32.2. The van der Waals surface area contributed by atoms with Gasteiger partial charge in [-0.15, -0.1) is 0 Å². The molecule has 2 aliphatic heterocycles. The van der Waals surface area contributed by atoms with E-state index in [1.54, 1.807) is 17.8 Å². The molecule has 0 bridgehead atoms. The van der Waals surface area contributed by atoms with E-state index in [-0.39, 0.29) is 25.3 Å². The summed E-state index contributed by atoms with van der Waals surface area (Å²) in [6.45, 7) is 2.70. The van der Waals surface area contributed by atoms with E-state index < -0.39 is 15.6 Å². The molecule has 0 amide bonds. The summed E-state index contributed by atoms with van der Waals surface area (Å²) in [6.07, 6.45) is 5.68. The van der Waals surface area contributed by atoms with Crippen LogP contribution >= 0.6 is 0 Å². The van der Waals surface area contributed by atoms with Gasteiger partial charge in [-0.1, -0.05) is 0 Å². The Morgan fingerprint density at radius 1 is 1.41 bits per heavy atom. The number of fused-ring (bicyclic) bond motifs is 1. The standard InChI is InChI=1S/C17H21N7O2S/c1-3-27(25,26)23-10-17(11-23,5-6-18)24-9-13(8-21-24)15-14-4-7-19-16(14)22(2)12-20-15/h4,7-9,19H,3,5,10-12H2,1-2H3. The molecule has 0 radical (unpaired) electrons. The van der Waals surface area contributed by atoms with E-state index in [2.05, 4.69) is 21.1 Å². The molecule has 4 rings (SSSR count). The third-order valence-corrected chi connectivity index (χ3v) is 7.03. The number of hydrogen-bond acceptors (Lipinski definition) is 6. The largest absolute Gasteiger partial charge is 0.348 e. The van der Waals surface area contributed by atoms with Gasteiger partial charge in [-0.3, -0.25) is 9.67 Å². The van der Waals surface area contributed by atoms with Gasteiger partial charge in [0.1, 0.15) is 18.0 Å². The Hall–Kier alpha value is -2.64. The molecule has 10 heteroatoms. The summed E-state index contributed by atoms with van der Waals surface area (Å²) >= 11 is 0. The third kappa shape index (κ3) is 2.74. The van der Waals surface area contributed by atoms with E-state index in [9.17, 15) is 13.7 Å². The zero-order chi connectivity index (χ0) is 19.2. The first-order chi connectivity index (χ1) is 12.9. The Balaban J connectivity index is 1.64. The molecule has 1 saturated heterocycles. The summed E-state index contributed by atoms with van der Waals surface area (Å²) in [6, 6.07) is 4.16. The zero-order valence-electron chi connectivity index (χ0n) is 15.3. The fourth-order valence-electron chi connectivity index (χ4n) is 3.63. The Morgan fingerprint density at radius 2 is 2.19 bits per heavy atom. The topological polar surface area (TPSA) is 110 Å². The van der Waals surface area contributed by atoms with Crippen molar-refractivity contribution in [2.45, 2.75) is 18.9 Å². The van der Waals surface area contributed by atoms with Crippen LogP contribution in [0, 0.1) is 11.3 Å². The van der Waals surface area contributed by atoms with Crippen molar-refractivity contribution in [3.8, 4) is 6.07 Å². The minimum absolute atomic E-state index is 0.0561. The van der Waals surface area contributed by atoms with E-state index in [1.807, 2.05) is 30.4 Å². The normalized spacial score (nSPS) is 19.1. The number of H-pyrrole nitrogens is 1. The first kappa shape index (κ1) is 17.8. The van der Waals surface area contributed by atoms with Crippen molar-refractivity contribution in [2.75, 3.05) is 37.5 Å². The van der Waals surface area contributed by atoms with Gasteiger partial charge in [0.05, 0.1) is 30.2 Å². The number of anilines is 1. The first-order valence-electron chi connectivity index (χ1n) is 8.74. The molecule has 2 aromatic rings. The van der Waals surface area contributed by atoms with Crippen LogP contribution in [0.4, 0.5) is 5.82 Å². The first-order valence-corrected chi connectivity index (χ1v) is 10.3. The number of nitrogens with one attached hydrogen (secondary N) is 1. The number of rotatable bonds is 5. The van der Waals surface area contributed by atoms with Gasteiger partial charge in [0.15, 0.2) is 0 Å². The quantitative estimate of drug-likeness (QED) is 0.813. The average Bonchev–Trinajstić information content (AvgIpc) is 3.28. The summed E-state index contributed by atoms with van der Waals surface area (Å²) in [4.78, 5) is 9.89. The number of hydrogen-bond donors (Lipinski definition) is 1. The van der Waals surface area contributed by atoms with Crippen molar-refractivity contribution in [1.29, 1.82) is 5.26 Å². The highest BCUT2D eigenvalue weighted by Crippen LogP contribution is 2.35. The van der Waals surface area contributed by atoms with Crippen LogP contribution in [0.25, 0.3) is 0 Å². The maximum absolute atomic E-state index is 12.1. The van der Waals surface area contributed by atoms with Gasteiger partial charge in [0, 0.05) is 43.7 Å². The Labute approximate surface area is 158 Å². The van der Waals surface area contributed by atoms with Gasteiger partial charge in [-0.25, -0.2) is 8.42 Å². The molecule has 0 saturated carbocycles. The van der Waals surface area contributed by atoms with Crippen LogP contribution in [0.5, 0.6) is 0 Å². The van der Waals surface area contributed by atoms with Crippen molar-refractivity contribution >= 4 is 21.6 Å². The number of aromatic nitrogens is 3. The molecule has 2 aromatic heterocycles. The van der Waals surface area contributed by atoms with E-state index in [1.165, 1.54) is 4.31 Å². The predicted molar refractivity (Wildman–Crippen MR) is 101 cm³/mol. The molecule has 142 valence electrons. The monoisotopic (exact) mass is 387 g/mol. The van der Waals surface area contributed by atoms with Crippen LogP contribution in [-0.4, -0.2) is 65.8 Å². The Morgan fingerprint density at radius 3 is 2.89 bits per heavy atom. The van der Waals surface area contributed by atoms with Gasteiger partial charge in [0.25, 0.3) is 0 Å². The molecule has 0 aromatic carbocycles. The van der Waals surface area contributed by atoms with Crippen molar-refractivity contribution in [2.24, 2.45) is 4.99 Å². The number of nitrogens with zero attached hydrogens (tertiary/aromatic N) is 6. The highest BCUT2D eigenvalue weighted by molar-refractivity contribution is 7.89. The second-order valence-electron chi connectivity index (χ2n) is 6.99. The Kier molecular flexibility index (Phi) is 4.09. The maximum Gasteiger partial charge on any atom is 0.213 e. The lowest BCUT2D eigenvalue weighted by Gasteiger charge is -2.47. The summed E-state index contributed by atoms with van der Waals surface area (Å²) < 4.78 is 27.3. The second-order valence-corrected chi connectivity index (χ2v) is 9.25. The van der Waals surface area contributed by atoms with Crippen molar-refractivity contribution in [3.05, 3.63) is 35.8 Å². The Bertz CT molecular complexity index is 1040. The summed E-state index contributed by atoms with van der Waals surface area (Å²) in [5.41, 5.74) is 2.09. The van der Waals surface area contributed by atoms with Crippen LogP contribution in [-0.2, 0) is 15.6 Å². The number of aromatic amines is 1. The molecule has 0 spiro atoms. The smallest absolute Gasteiger partial charge is 0.213 e. The van der Waals surface area contributed by atoms with Crippen LogP contribution in [0.1, 0.15) is 24.5 Å². The number of nitriles is 1. The fourth-order valence-corrected chi connectivity index (χ4v) is 4.86. The summed E-state index contributed by atoms with van der Waals surface area (Å²) in [5, 5.41) is 13.7. The predicted octanol–water partition coefficient (Wildman–Crippen LogP) is 0.730. The van der Waals surface area contributed by atoms with Crippen LogP contribution < -0.4 is 4.90 Å². The van der Waals surface area contributed by atoms with Crippen LogP contribution in [0.2, 0.25) is 0 Å². The van der Waals surface area contributed by atoms with Gasteiger partial charge in [-0.2, -0.15) is 14.7 Å². The fraction of sp³-hybridized carbons (Fsp3) is 0.471. The lowest BCUT2D eigenvalue weighted by molar-refractivity contribution is 0.0718. The molecule has 4 heterocycles. The molecular formula is C17H21N7O2S. The lowest BCUT2D eigenvalue weighted by Crippen LogP contribution is -2.64. The van der Waals surface area contributed by atoms with Crippen molar-refractivity contribution < 1.29 is 8.42 Å². The zero-order valence-corrected chi connectivity index (χ0v) is 16.1. The maximum atomic E-state index is 12.1. The molecule has 1 fully saturated rings. The lowest BCUT2D eigenvalue weighted by atomic mass is 9.89. The molecule has 9 nitrogen and oxygen atoms in total. The van der Waals surface area contributed by atoms with E-state index in [0.29, 0.717) is 6.67 Å². The molecule has 27 heavy (non-hydrogen) atoms. The van der Waals surface area contributed by atoms with E-state index in [0.717, 1.165) is 22.7 Å². The SMILES string of the molecule is CCS(=O)(=O)N1CC(CC#N)(n2cc(C3=NCN(C)c4[nH]ccc43)cn2)C1. The number of sulfonamides is 1. The average molecular weight is 387 g/mol. The van der Waals surface area contributed by atoms with Crippen molar-refractivity contribution in [3.63, 3.8) is 0 Å². The summed E-state index contributed by atoms with van der Waals surface area (Å²) in [7, 11) is -1.29. The van der Waals surface area contributed by atoms with Gasteiger partial charge in [-0.05, 0) is 13.0 Å². The van der Waals surface area contributed by atoms with Gasteiger partial charge in [0.2, 0.25) is 10.0 Å². The molecule has 1 N–H and O–H groups in total. The highest BCUT2D eigenvalue weighted by Gasteiger charge is 2.49. The van der Waals surface area contributed by atoms with Crippen LogP contribution in [0.3, 0.4) is 0 Å².